The molecular formula is C11H17Cl. The van der Waals surface area contributed by atoms with Gasteiger partial charge in [-0.2, -0.15) is 0 Å². The maximum Gasteiger partial charge on any atom is 0.0226 e. The van der Waals surface area contributed by atoms with Gasteiger partial charge < -0.3 is 0 Å². The first-order valence-corrected chi connectivity index (χ1v) is 5.14. The molecule has 0 aliphatic heterocycles. The van der Waals surface area contributed by atoms with Gasteiger partial charge in [-0.1, -0.05) is 31.3 Å². The minimum Gasteiger partial charge on any atom is -0.127 e. The highest BCUT2D eigenvalue weighted by Gasteiger charge is 1.77. The molecule has 0 saturated heterocycles. The molecule has 1 heteroatoms. The van der Waals surface area contributed by atoms with Gasteiger partial charge in [-0.3, -0.25) is 0 Å². The summed E-state index contributed by atoms with van der Waals surface area (Å²) in [6, 6.07) is 0. The van der Waals surface area contributed by atoms with Gasteiger partial charge >= 0.3 is 0 Å². The lowest BCUT2D eigenvalue weighted by Crippen LogP contribution is -1.70. The highest BCUT2D eigenvalue weighted by atomic mass is 35.5. The fourth-order valence-corrected chi connectivity index (χ4v) is 0.888. The lowest BCUT2D eigenvalue weighted by atomic mass is 10.2. The average Bonchev–Trinajstić information content (AvgIpc) is 2.10. The molecule has 0 saturated carbocycles. The van der Waals surface area contributed by atoms with Crippen molar-refractivity contribution in [3.05, 3.63) is 12.2 Å². The molecule has 0 fully saturated rings. The van der Waals surface area contributed by atoms with E-state index in [4.69, 9.17) is 11.6 Å². The molecule has 0 aliphatic carbocycles. The number of allylic oxidation sites excluding steroid dienone is 2. The van der Waals surface area contributed by atoms with Gasteiger partial charge in [0.2, 0.25) is 0 Å². The zero-order valence-corrected chi connectivity index (χ0v) is 8.53. The quantitative estimate of drug-likeness (QED) is 0.347. The van der Waals surface area contributed by atoms with Crippen molar-refractivity contribution in [3.8, 4) is 11.8 Å². The molecule has 0 nitrogen and oxygen atoms in total. The van der Waals surface area contributed by atoms with Gasteiger partial charge in [0.05, 0.1) is 0 Å². The zero-order valence-electron chi connectivity index (χ0n) is 7.78. The van der Waals surface area contributed by atoms with Gasteiger partial charge in [0.25, 0.3) is 0 Å². The van der Waals surface area contributed by atoms with Crippen LogP contribution in [0.25, 0.3) is 0 Å². The van der Waals surface area contributed by atoms with E-state index in [1.807, 2.05) is 6.08 Å². The first-order chi connectivity index (χ1) is 5.91. The first kappa shape index (κ1) is 11.6. The molecule has 0 aromatic heterocycles. The van der Waals surface area contributed by atoms with Crippen molar-refractivity contribution in [2.24, 2.45) is 0 Å². The van der Waals surface area contributed by atoms with Crippen molar-refractivity contribution in [2.75, 3.05) is 5.88 Å². The lowest BCUT2D eigenvalue weighted by molar-refractivity contribution is 0.828. The van der Waals surface area contributed by atoms with Gasteiger partial charge in [0.15, 0.2) is 0 Å². The molecule has 0 bridgehead atoms. The Morgan fingerprint density at radius 2 is 2.17 bits per heavy atom. The summed E-state index contributed by atoms with van der Waals surface area (Å²) in [5.41, 5.74) is 0. The summed E-state index contributed by atoms with van der Waals surface area (Å²) in [6.45, 7) is 2.18. The van der Waals surface area contributed by atoms with Crippen molar-refractivity contribution in [3.63, 3.8) is 0 Å². The van der Waals surface area contributed by atoms with Crippen LogP contribution in [-0.4, -0.2) is 5.88 Å². The van der Waals surface area contributed by atoms with E-state index in [1.54, 1.807) is 0 Å². The van der Waals surface area contributed by atoms with Gasteiger partial charge in [-0.15, -0.1) is 11.6 Å². The molecule has 0 heterocycles. The highest BCUT2D eigenvalue weighted by Crippen LogP contribution is 1.93. The summed E-state index contributed by atoms with van der Waals surface area (Å²) >= 11 is 5.51. The Balaban J connectivity index is 3.23. The Morgan fingerprint density at radius 3 is 2.83 bits per heavy atom. The van der Waals surface area contributed by atoms with Gasteiger partial charge in [0, 0.05) is 12.3 Å². The molecule has 12 heavy (non-hydrogen) atoms. The van der Waals surface area contributed by atoms with E-state index in [-0.39, 0.29) is 0 Å². The zero-order chi connectivity index (χ0) is 9.07. The van der Waals surface area contributed by atoms with Gasteiger partial charge in [-0.05, 0) is 25.3 Å². The lowest BCUT2D eigenvalue weighted by Gasteiger charge is -1.84. The van der Waals surface area contributed by atoms with Crippen molar-refractivity contribution in [2.45, 2.75) is 39.0 Å². The topological polar surface area (TPSA) is 0 Å². The second kappa shape index (κ2) is 10.6. The molecule has 0 spiro atoms. The number of hydrogen-bond donors (Lipinski definition) is 0. The number of hydrogen-bond acceptors (Lipinski definition) is 0. The summed E-state index contributed by atoms with van der Waals surface area (Å²) < 4.78 is 0. The first-order valence-electron chi connectivity index (χ1n) is 4.61. The summed E-state index contributed by atoms with van der Waals surface area (Å²) in [6.07, 6.45) is 9.58. The largest absolute Gasteiger partial charge is 0.127 e. The molecular weight excluding hydrogens is 168 g/mol. The third-order valence-electron chi connectivity index (χ3n) is 1.46. The average molecular weight is 185 g/mol. The van der Waals surface area contributed by atoms with Crippen molar-refractivity contribution in [1.82, 2.24) is 0 Å². The minimum absolute atomic E-state index is 0.744. The van der Waals surface area contributed by atoms with Crippen molar-refractivity contribution in [1.29, 1.82) is 0 Å². The molecule has 0 amide bonds. The predicted molar refractivity (Wildman–Crippen MR) is 56.4 cm³/mol. The molecule has 0 unspecified atom stereocenters. The molecule has 0 aromatic carbocycles. The molecule has 0 rings (SSSR count). The third-order valence-corrected chi connectivity index (χ3v) is 1.73. The number of halogens is 1. The fourth-order valence-electron chi connectivity index (χ4n) is 0.734. The molecule has 0 aliphatic rings. The molecule has 0 radical (unpaired) electrons. The number of unbranched alkanes of at least 4 members (excludes halogenated alkanes) is 3. The van der Waals surface area contributed by atoms with E-state index in [2.05, 4.69) is 24.8 Å². The normalized spacial score (nSPS) is 9.83. The second-order valence-corrected chi connectivity index (χ2v) is 3.04. The van der Waals surface area contributed by atoms with E-state index >= 15 is 0 Å². The van der Waals surface area contributed by atoms with Crippen LogP contribution >= 0.6 is 11.6 Å². The predicted octanol–water partition coefficient (Wildman–Crippen LogP) is 3.76. The maximum atomic E-state index is 5.51. The van der Waals surface area contributed by atoms with Gasteiger partial charge in [-0.25, -0.2) is 0 Å². The van der Waals surface area contributed by atoms with Crippen LogP contribution in [0.15, 0.2) is 12.2 Å². The molecule has 68 valence electrons. The monoisotopic (exact) mass is 184 g/mol. The molecule has 0 aromatic rings. The van der Waals surface area contributed by atoms with E-state index in [0.717, 1.165) is 25.1 Å². The van der Waals surface area contributed by atoms with Crippen LogP contribution in [-0.2, 0) is 0 Å². The van der Waals surface area contributed by atoms with E-state index in [9.17, 15) is 0 Å². The van der Waals surface area contributed by atoms with Crippen molar-refractivity contribution < 1.29 is 0 Å². The number of alkyl halides is 1. The Hall–Kier alpha value is -0.410. The van der Waals surface area contributed by atoms with Crippen molar-refractivity contribution >= 4 is 11.6 Å². The summed E-state index contributed by atoms with van der Waals surface area (Å²) in [5.74, 6) is 6.84. The van der Waals surface area contributed by atoms with Crippen LogP contribution < -0.4 is 0 Å². The molecule has 0 atom stereocenters. The summed E-state index contributed by atoms with van der Waals surface area (Å²) in [7, 11) is 0. The summed E-state index contributed by atoms with van der Waals surface area (Å²) in [5, 5.41) is 0. The van der Waals surface area contributed by atoms with Gasteiger partial charge in [0.1, 0.15) is 0 Å². The summed E-state index contributed by atoms with van der Waals surface area (Å²) in [4.78, 5) is 0. The Labute approximate surface area is 81.0 Å². The maximum absolute atomic E-state index is 5.51. The third kappa shape index (κ3) is 9.59. The minimum atomic E-state index is 0.744. The van der Waals surface area contributed by atoms with E-state index in [1.165, 1.54) is 12.8 Å². The fraction of sp³-hybridized carbons (Fsp3) is 0.636. The Kier molecular flexibility index (Phi) is 10.2. The molecule has 0 N–H and O–H groups in total. The van der Waals surface area contributed by atoms with Crippen LogP contribution in [0, 0.1) is 11.8 Å². The van der Waals surface area contributed by atoms with Crippen LogP contribution in [0.3, 0.4) is 0 Å². The SMILES string of the molecule is CCCCC#C/C=C/CCCCl. The van der Waals surface area contributed by atoms with E-state index in [0.29, 0.717) is 0 Å². The highest BCUT2D eigenvalue weighted by molar-refractivity contribution is 6.17. The van der Waals surface area contributed by atoms with Crippen LogP contribution in [0.4, 0.5) is 0 Å². The van der Waals surface area contributed by atoms with E-state index < -0.39 is 0 Å². The standard InChI is InChI=1S/C11H17Cl/c1-2-3-4-5-6-7-8-9-10-11-12/h7-8H,2-4,9-11H2,1H3/b8-7+. The van der Waals surface area contributed by atoms with Crippen LogP contribution in [0.5, 0.6) is 0 Å². The second-order valence-electron chi connectivity index (χ2n) is 2.66. The number of rotatable bonds is 5. The Bertz CT molecular complexity index is 160. The van der Waals surface area contributed by atoms with Crippen LogP contribution in [0.2, 0.25) is 0 Å². The Morgan fingerprint density at radius 1 is 1.33 bits per heavy atom. The van der Waals surface area contributed by atoms with Crippen LogP contribution in [0.1, 0.15) is 39.0 Å². The smallest absolute Gasteiger partial charge is 0.0226 e.